The molecule has 0 aromatic carbocycles. The van der Waals surface area contributed by atoms with E-state index < -0.39 is 0 Å². The summed E-state index contributed by atoms with van der Waals surface area (Å²) < 4.78 is 5.58. The van der Waals surface area contributed by atoms with E-state index in [0.29, 0.717) is 12.5 Å². The zero-order chi connectivity index (χ0) is 10.7. The summed E-state index contributed by atoms with van der Waals surface area (Å²) in [7, 11) is 0. The topological polar surface area (TPSA) is 41.6 Å². The van der Waals surface area contributed by atoms with Gasteiger partial charge in [0.2, 0.25) is 5.91 Å². The van der Waals surface area contributed by atoms with Crippen molar-refractivity contribution in [2.45, 2.75) is 25.9 Å². The Balaban J connectivity index is 1.84. The Kier molecular flexibility index (Phi) is 3.59. The van der Waals surface area contributed by atoms with E-state index in [4.69, 9.17) is 4.74 Å². The lowest BCUT2D eigenvalue weighted by Crippen LogP contribution is -2.50. The lowest BCUT2D eigenvalue weighted by molar-refractivity contribution is -0.136. The van der Waals surface area contributed by atoms with Crippen molar-refractivity contribution in [2.24, 2.45) is 5.92 Å². The van der Waals surface area contributed by atoms with Gasteiger partial charge in [0, 0.05) is 13.1 Å². The molecule has 86 valence electrons. The molecule has 1 N–H and O–H groups in total. The predicted molar refractivity (Wildman–Crippen MR) is 57.6 cm³/mol. The summed E-state index contributed by atoms with van der Waals surface area (Å²) in [4.78, 5) is 13.4. The van der Waals surface area contributed by atoms with Gasteiger partial charge in [-0.1, -0.05) is 6.92 Å². The van der Waals surface area contributed by atoms with Gasteiger partial charge in [0.15, 0.2) is 0 Å². The summed E-state index contributed by atoms with van der Waals surface area (Å²) in [5, 5.41) is 2.88. The van der Waals surface area contributed by atoms with Crippen molar-refractivity contribution in [3.63, 3.8) is 0 Å². The largest absolute Gasteiger partial charge is 0.366 e. The molecule has 0 aromatic heterocycles. The summed E-state index contributed by atoms with van der Waals surface area (Å²) in [6.07, 6.45) is 2.72. The molecule has 2 fully saturated rings. The molecule has 0 saturated carbocycles. The van der Waals surface area contributed by atoms with Gasteiger partial charge < -0.3 is 15.0 Å². The lowest BCUT2D eigenvalue weighted by Gasteiger charge is -2.37. The monoisotopic (exact) mass is 212 g/mol. The van der Waals surface area contributed by atoms with E-state index >= 15 is 0 Å². The highest BCUT2D eigenvalue weighted by Gasteiger charge is 2.30. The Morgan fingerprint density at radius 2 is 2.47 bits per heavy atom. The van der Waals surface area contributed by atoms with Crippen LogP contribution in [0.4, 0.5) is 0 Å². The molecule has 1 amide bonds. The van der Waals surface area contributed by atoms with Crippen LogP contribution in [0.15, 0.2) is 0 Å². The summed E-state index contributed by atoms with van der Waals surface area (Å²) in [5.74, 6) is 0.619. The number of morpholine rings is 1. The first-order chi connectivity index (χ1) is 7.29. The third-order valence-corrected chi connectivity index (χ3v) is 3.44. The van der Waals surface area contributed by atoms with E-state index in [1.807, 2.05) is 0 Å². The van der Waals surface area contributed by atoms with Crippen molar-refractivity contribution in [1.82, 2.24) is 10.2 Å². The molecule has 2 unspecified atom stereocenters. The van der Waals surface area contributed by atoms with Gasteiger partial charge in [-0.15, -0.1) is 0 Å². The number of nitrogens with zero attached hydrogens (tertiary/aromatic N) is 1. The summed E-state index contributed by atoms with van der Waals surface area (Å²) >= 11 is 0. The van der Waals surface area contributed by atoms with Gasteiger partial charge >= 0.3 is 0 Å². The van der Waals surface area contributed by atoms with Gasteiger partial charge in [0.1, 0.15) is 6.61 Å². The normalized spacial score (nSPS) is 33.8. The Morgan fingerprint density at radius 1 is 1.60 bits per heavy atom. The molecule has 0 radical (unpaired) electrons. The first kappa shape index (κ1) is 10.9. The first-order valence-corrected chi connectivity index (χ1v) is 5.90. The highest BCUT2D eigenvalue weighted by Crippen LogP contribution is 2.22. The van der Waals surface area contributed by atoms with E-state index in [1.54, 1.807) is 0 Å². The second kappa shape index (κ2) is 4.94. The minimum absolute atomic E-state index is 0.0226. The minimum Gasteiger partial charge on any atom is -0.366 e. The molecule has 15 heavy (non-hydrogen) atoms. The van der Waals surface area contributed by atoms with Gasteiger partial charge in [0.25, 0.3) is 0 Å². The van der Waals surface area contributed by atoms with Crippen molar-refractivity contribution in [2.75, 3.05) is 32.8 Å². The molecular formula is C11H20N2O2. The average Bonchev–Trinajstić information content (AvgIpc) is 2.30. The van der Waals surface area contributed by atoms with Crippen molar-refractivity contribution < 1.29 is 9.53 Å². The maximum atomic E-state index is 11.0. The quantitative estimate of drug-likeness (QED) is 0.712. The number of rotatable bonds is 2. The van der Waals surface area contributed by atoms with Gasteiger partial charge in [-0.3, -0.25) is 4.79 Å². The van der Waals surface area contributed by atoms with Crippen molar-refractivity contribution >= 4 is 5.91 Å². The van der Waals surface area contributed by atoms with E-state index in [2.05, 4.69) is 17.1 Å². The van der Waals surface area contributed by atoms with Crippen LogP contribution >= 0.6 is 0 Å². The minimum atomic E-state index is 0.0226. The molecule has 0 spiro atoms. The van der Waals surface area contributed by atoms with Gasteiger partial charge in [-0.25, -0.2) is 0 Å². The molecule has 0 bridgehead atoms. The van der Waals surface area contributed by atoms with Crippen LogP contribution in [-0.2, 0) is 9.53 Å². The Hall–Kier alpha value is -0.610. The van der Waals surface area contributed by atoms with Crippen molar-refractivity contribution in [3.05, 3.63) is 0 Å². The van der Waals surface area contributed by atoms with Gasteiger partial charge in [-0.05, 0) is 31.8 Å². The van der Waals surface area contributed by atoms with Crippen LogP contribution in [0.25, 0.3) is 0 Å². The fraction of sp³-hybridized carbons (Fsp3) is 0.909. The zero-order valence-corrected chi connectivity index (χ0v) is 9.37. The molecular weight excluding hydrogens is 192 g/mol. The fourth-order valence-corrected chi connectivity index (χ4v) is 2.49. The lowest BCUT2D eigenvalue weighted by atomic mass is 9.92. The molecule has 2 rings (SSSR count). The number of likely N-dealkylation sites (tertiary alicyclic amines) is 1. The van der Waals surface area contributed by atoms with Crippen LogP contribution in [0, 0.1) is 5.92 Å². The number of carbonyl (C=O) groups excluding carboxylic acids is 1. The Morgan fingerprint density at radius 3 is 3.13 bits per heavy atom. The maximum Gasteiger partial charge on any atom is 0.246 e. The SMILES string of the molecule is CCN1CCCC(C2CNC(=O)CO2)C1. The van der Waals surface area contributed by atoms with E-state index in [9.17, 15) is 4.79 Å². The summed E-state index contributed by atoms with van der Waals surface area (Å²) in [6.45, 7) is 6.60. The third kappa shape index (κ3) is 2.69. The second-order valence-corrected chi connectivity index (χ2v) is 4.45. The maximum absolute atomic E-state index is 11.0. The van der Waals surface area contributed by atoms with E-state index in [1.165, 1.54) is 19.4 Å². The smallest absolute Gasteiger partial charge is 0.246 e. The number of hydrogen-bond acceptors (Lipinski definition) is 3. The molecule has 2 heterocycles. The van der Waals surface area contributed by atoms with Crippen LogP contribution in [-0.4, -0.2) is 49.7 Å². The first-order valence-electron chi connectivity index (χ1n) is 5.90. The van der Waals surface area contributed by atoms with E-state index in [-0.39, 0.29) is 18.6 Å². The highest BCUT2D eigenvalue weighted by molar-refractivity contribution is 5.77. The Bertz CT molecular complexity index is 223. The van der Waals surface area contributed by atoms with Gasteiger partial charge in [0.05, 0.1) is 6.10 Å². The van der Waals surface area contributed by atoms with Crippen LogP contribution in [0.5, 0.6) is 0 Å². The van der Waals surface area contributed by atoms with Crippen molar-refractivity contribution in [1.29, 1.82) is 0 Å². The molecule has 2 aliphatic heterocycles. The molecule has 2 aliphatic rings. The van der Waals surface area contributed by atoms with Crippen molar-refractivity contribution in [3.8, 4) is 0 Å². The predicted octanol–water partition coefficient (Wildman–Crippen LogP) is 0.233. The molecule has 2 atom stereocenters. The third-order valence-electron chi connectivity index (χ3n) is 3.44. The average molecular weight is 212 g/mol. The van der Waals surface area contributed by atoms with Gasteiger partial charge in [-0.2, -0.15) is 0 Å². The number of hydrogen-bond donors (Lipinski definition) is 1. The highest BCUT2D eigenvalue weighted by atomic mass is 16.5. The zero-order valence-electron chi connectivity index (χ0n) is 9.37. The summed E-state index contributed by atoms with van der Waals surface area (Å²) in [5.41, 5.74) is 0. The number of amides is 1. The van der Waals surface area contributed by atoms with Crippen LogP contribution < -0.4 is 5.32 Å². The summed E-state index contributed by atoms with van der Waals surface area (Å²) in [6, 6.07) is 0. The standard InChI is InChI=1S/C11H20N2O2/c1-2-13-5-3-4-9(7-13)10-6-12-11(14)8-15-10/h9-10H,2-8H2,1H3,(H,12,14). The molecule has 4 heteroatoms. The molecule has 2 saturated heterocycles. The van der Waals surface area contributed by atoms with E-state index in [0.717, 1.165) is 13.1 Å². The number of ether oxygens (including phenoxy) is 1. The van der Waals surface area contributed by atoms with Crippen LogP contribution in [0.3, 0.4) is 0 Å². The number of carbonyl (C=O) groups is 1. The Labute approximate surface area is 91.0 Å². The number of nitrogens with one attached hydrogen (secondary N) is 1. The van der Waals surface area contributed by atoms with Crippen LogP contribution in [0.2, 0.25) is 0 Å². The second-order valence-electron chi connectivity index (χ2n) is 4.45. The molecule has 4 nitrogen and oxygen atoms in total. The molecule has 0 aliphatic carbocycles. The van der Waals surface area contributed by atoms with Crippen LogP contribution in [0.1, 0.15) is 19.8 Å². The number of piperidine rings is 1. The fourth-order valence-electron chi connectivity index (χ4n) is 2.49. The molecule has 0 aromatic rings.